The maximum Gasteiger partial charge on any atom is 0.267 e. The molecule has 0 bridgehead atoms. The van der Waals surface area contributed by atoms with E-state index in [1.165, 1.54) is 41.1 Å². The van der Waals surface area contributed by atoms with Gasteiger partial charge < -0.3 is 15.0 Å². The molecule has 0 saturated heterocycles. The van der Waals surface area contributed by atoms with Gasteiger partial charge in [0.1, 0.15) is 12.6 Å². The number of hydrogen-bond donors (Lipinski definition) is 5. The summed E-state index contributed by atoms with van der Waals surface area (Å²) in [5, 5.41) is 23.4. The number of nitrogens with zero attached hydrogens (tertiary/aromatic N) is 3. The molecule has 0 amide bonds. The predicted octanol–water partition coefficient (Wildman–Crippen LogP) is -2.54. The Morgan fingerprint density at radius 1 is 0.897 bits per heavy atom. The smallest absolute Gasteiger partial charge is 0.267 e. The minimum absolute atomic E-state index is 0.221. The van der Waals surface area contributed by atoms with E-state index in [9.17, 15) is 38.7 Å². The molecule has 1 atom stereocenters. The molecule has 16 nitrogen and oxygen atoms in total. The van der Waals surface area contributed by atoms with Crippen molar-refractivity contribution < 1.29 is 19.8 Å². The van der Waals surface area contributed by atoms with Crippen LogP contribution in [0.1, 0.15) is 26.0 Å². The van der Waals surface area contributed by atoms with Gasteiger partial charge in [-0.3, -0.25) is 48.9 Å². The molecule has 0 spiro atoms. The number of aliphatic hydroxyl groups is 2. The average molecular weight is 551 g/mol. The van der Waals surface area contributed by atoms with Gasteiger partial charge in [0.25, 0.3) is 33.4 Å². The van der Waals surface area contributed by atoms with E-state index < -0.39 is 6.23 Å². The molecule has 4 heterocycles. The number of nitrogens with one attached hydrogen (secondary N) is 3. The largest absolute Gasteiger partial charge is 0.397 e. The summed E-state index contributed by atoms with van der Waals surface area (Å²) >= 11 is 0. The van der Waals surface area contributed by atoms with Crippen molar-refractivity contribution in [2.75, 3.05) is 6.61 Å². The van der Waals surface area contributed by atoms with Crippen molar-refractivity contribution in [1.29, 1.82) is 0 Å². The molecule has 0 aliphatic carbocycles. The third-order valence-electron chi connectivity index (χ3n) is 4.14. The average Bonchev–Trinajstić information content (AvgIpc) is 3.32. The number of rotatable bonds is 4. The molecular formula is C23H30N6O10. The zero-order chi connectivity index (χ0) is 29.8. The van der Waals surface area contributed by atoms with Crippen molar-refractivity contribution in [1.82, 2.24) is 29.3 Å². The van der Waals surface area contributed by atoms with Crippen LogP contribution >= 0.6 is 0 Å². The van der Waals surface area contributed by atoms with Crippen molar-refractivity contribution in [2.45, 2.75) is 39.1 Å². The van der Waals surface area contributed by atoms with Crippen LogP contribution in [0.5, 0.6) is 0 Å². The minimum atomic E-state index is -0.841. The van der Waals surface area contributed by atoms with E-state index in [0.29, 0.717) is 25.5 Å². The van der Waals surface area contributed by atoms with Crippen LogP contribution in [-0.2, 0) is 22.7 Å². The molecule has 0 aromatic carbocycles. The summed E-state index contributed by atoms with van der Waals surface area (Å²) in [6.07, 6.45) is 2.34. The fraction of sp³-hybridized carbons (Fsp3) is 0.304. The Labute approximate surface area is 219 Å². The number of carbonyl (C=O) groups excluding carboxylic acids is 2. The van der Waals surface area contributed by atoms with Gasteiger partial charge in [-0.2, -0.15) is 0 Å². The zero-order valence-corrected chi connectivity index (χ0v) is 21.0. The van der Waals surface area contributed by atoms with Crippen molar-refractivity contribution in [3.8, 4) is 0 Å². The van der Waals surface area contributed by atoms with Gasteiger partial charge in [0, 0.05) is 68.9 Å². The van der Waals surface area contributed by atoms with Crippen molar-refractivity contribution in [3.63, 3.8) is 0 Å². The highest BCUT2D eigenvalue weighted by molar-refractivity contribution is 5.63. The molecule has 3 aromatic heterocycles. The van der Waals surface area contributed by atoms with E-state index in [2.05, 4.69) is 21.9 Å². The Morgan fingerprint density at radius 3 is 1.85 bits per heavy atom. The molecule has 39 heavy (non-hydrogen) atoms. The summed E-state index contributed by atoms with van der Waals surface area (Å²) in [4.78, 5) is 83.3. The van der Waals surface area contributed by atoms with Gasteiger partial charge in [-0.25, -0.2) is 14.0 Å². The summed E-state index contributed by atoms with van der Waals surface area (Å²) in [7, 11) is 0. The third kappa shape index (κ3) is 13.2. The third-order valence-corrected chi connectivity index (χ3v) is 4.14. The van der Waals surface area contributed by atoms with Gasteiger partial charge in [-0.05, 0) is 13.0 Å². The normalized spacial score (nSPS) is 12.2. The van der Waals surface area contributed by atoms with E-state index in [1.54, 1.807) is 6.92 Å². The fourth-order valence-electron chi connectivity index (χ4n) is 2.58. The first kappa shape index (κ1) is 34.0. The predicted molar refractivity (Wildman–Crippen MR) is 140 cm³/mol. The van der Waals surface area contributed by atoms with Crippen LogP contribution in [-0.4, -0.2) is 58.7 Å². The second kappa shape index (κ2) is 19.2. The van der Waals surface area contributed by atoms with E-state index >= 15 is 0 Å². The van der Waals surface area contributed by atoms with Crippen LogP contribution in [0.4, 0.5) is 0 Å². The molecule has 0 radical (unpaired) electrons. The standard InChI is InChI=1S/2C7H8N2O3.C4H4N2O2.C3H4O.C2H6O/c10-5-1-2-6(11)9-7(12)3-4-8(5)9;10-5-1-4-9-7(12)3-2-6(11)8-9;7-3-1-2-4(8)6-5-3;1-2-3-4;1-2-3/h1-2,7,12H,3-4H2;2-3,5H,1,4H2,(H,8,11);1-2H,(H,5,7)(H,6,8);2-3H,1H2;3H,2H2,1H3/t7-;;;;/m1..../s1. The summed E-state index contributed by atoms with van der Waals surface area (Å²) in [6.45, 7) is 5.68. The lowest BCUT2D eigenvalue weighted by Crippen LogP contribution is -2.34. The number of aliphatic hydroxyl groups excluding tert-OH is 2. The van der Waals surface area contributed by atoms with Crippen LogP contribution in [0, 0.1) is 0 Å². The minimum Gasteiger partial charge on any atom is -0.397 e. The Balaban J connectivity index is 0.000000504. The highest BCUT2D eigenvalue weighted by Gasteiger charge is 2.20. The lowest BCUT2D eigenvalue weighted by atomic mass is 10.4. The Morgan fingerprint density at radius 2 is 1.38 bits per heavy atom. The van der Waals surface area contributed by atoms with Crippen LogP contribution in [0.15, 0.2) is 77.8 Å². The van der Waals surface area contributed by atoms with Crippen molar-refractivity contribution >= 4 is 12.6 Å². The summed E-state index contributed by atoms with van der Waals surface area (Å²) < 4.78 is 3.45. The highest BCUT2D eigenvalue weighted by atomic mass is 16.3. The van der Waals surface area contributed by atoms with E-state index in [-0.39, 0.29) is 52.9 Å². The fourth-order valence-corrected chi connectivity index (χ4v) is 2.58. The zero-order valence-electron chi connectivity index (χ0n) is 21.0. The molecule has 212 valence electrons. The highest BCUT2D eigenvalue weighted by Crippen LogP contribution is 2.11. The van der Waals surface area contributed by atoms with Gasteiger partial charge in [0.05, 0.1) is 0 Å². The Hall–Kier alpha value is -4.96. The maximum atomic E-state index is 11.1. The number of hydrogen-bond acceptors (Lipinski definition) is 10. The van der Waals surface area contributed by atoms with Gasteiger partial charge >= 0.3 is 0 Å². The molecular weight excluding hydrogens is 520 g/mol. The van der Waals surface area contributed by atoms with Crippen molar-refractivity contribution in [3.05, 3.63) is 111 Å². The van der Waals surface area contributed by atoms with E-state index in [0.717, 1.165) is 15.4 Å². The monoisotopic (exact) mass is 550 g/mol. The van der Waals surface area contributed by atoms with E-state index in [4.69, 9.17) is 9.90 Å². The molecule has 5 N–H and O–H groups in total. The first-order chi connectivity index (χ1) is 18.6. The van der Waals surface area contributed by atoms with Crippen LogP contribution < -0.4 is 33.4 Å². The number of carbonyl (C=O) groups is 2. The molecule has 1 aliphatic rings. The lowest BCUT2D eigenvalue weighted by molar-refractivity contribution is -0.108. The number of H-pyrrole nitrogens is 3. The number of allylic oxidation sites excluding steroid dienone is 1. The Kier molecular flexibility index (Phi) is 16.8. The lowest BCUT2D eigenvalue weighted by Gasteiger charge is -2.06. The maximum absolute atomic E-state index is 11.1. The number of aldehydes is 2. The number of fused-ring (bicyclic) bond motifs is 1. The molecule has 0 saturated carbocycles. The van der Waals surface area contributed by atoms with Crippen molar-refractivity contribution in [2.24, 2.45) is 0 Å². The van der Waals surface area contributed by atoms with E-state index in [1.807, 2.05) is 0 Å². The summed E-state index contributed by atoms with van der Waals surface area (Å²) in [5.41, 5.74) is -1.84. The number of aryl methyl sites for hydroxylation is 1. The molecule has 0 fully saturated rings. The summed E-state index contributed by atoms with van der Waals surface area (Å²) in [6, 6.07) is 7.05. The molecule has 0 unspecified atom stereocenters. The molecule has 16 heteroatoms. The van der Waals surface area contributed by atoms with Crippen LogP contribution in [0.2, 0.25) is 0 Å². The number of aromatic nitrogens is 6. The van der Waals surface area contributed by atoms with Crippen LogP contribution in [0.25, 0.3) is 0 Å². The molecule has 1 aliphatic heterocycles. The SMILES string of the molecule is C=CC=O.CCO.O=CCCn1[nH]c(=O)ccc1=O.O=c1ccc(=O)[nH][nH]1.O=c1ccc(=O)n2n1CC[C@H]2O. The van der Waals surface area contributed by atoms with Gasteiger partial charge in [0.2, 0.25) is 0 Å². The summed E-state index contributed by atoms with van der Waals surface area (Å²) in [5.74, 6) is 0. The quantitative estimate of drug-likeness (QED) is 0.168. The molecule has 3 aromatic rings. The van der Waals surface area contributed by atoms with Gasteiger partial charge in [0.15, 0.2) is 6.23 Å². The second-order valence-electron chi connectivity index (χ2n) is 7.00. The van der Waals surface area contributed by atoms with Gasteiger partial charge in [-0.15, -0.1) is 0 Å². The topological polar surface area (TPSA) is 239 Å². The van der Waals surface area contributed by atoms with Gasteiger partial charge in [-0.1, -0.05) is 6.58 Å². The first-order valence-electron chi connectivity index (χ1n) is 11.3. The Bertz CT molecular complexity index is 1470. The van der Waals surface area contributed by atoms with Crippen LogP contribution in [0.3, 0.4) is 0 Å². The number of aromatic amines is 3. The molecule has 4 rings (SSSR count). The first-order valence-corrected chi connectivity index (χ1v) is 11.3. The second-order valence-corrected chi connectivity index (χ2v) is 7.00.